The number of aryl methyl sites for hydroxylation is 1. The first-order valence-corrected chi connectivity index (χ1v) is 9.73. The third-order valence-electron chi connectivity index (χ3n) is 3.93. The van der Waals surface area contributed by atoms with Crippen molar-refractivity contribution in [1.29, 1.82) is 0 Å². The molecule has 0 fully saturated rings. The van der Waals surface area contributed by atoms with Crippen LogP contribution in [0.25, 0.3) is 0 Å². The van der Waals surface area contributed by atoms with E-state index in [9.17, 15) is 0 Å². The minimum absolute atomic E-state index is 0.523. The number of nitrogens with zero attached hydrogens (tertiary/aromatic N) is 4. The summed E-state index contributed by atoms with van der Waals surface area (Å²) in [5.41, 5.74) is 1.15. The fraction of sp³-hybridized carbons (Fsp3) is 0.550. The molecule has 148 valence electrons. The number of hydrogen-bond donors (Lipinski definition) is 2. The van der Waals surface area contributed by atoms with Crippen LogP contribution in [0.3, 0.4) is 0 Å². The maximum Gasteiger partial charge on any atom is 0.191 e. The number of benzene rings is 1. The predicted molar refractivity (Wildman–Crippen MR) is 109 cm³/mol. The number of guanidine groups is 1. The summed E-state index contributed by atoms with van der Waals surface area (Å²) in [5, 5.41) is 14.7. The van der Waals surface area contributed by atoms with Gasteiger partial charge in [0.1, 0.15) is 17.9 Å². The second kappa shape index (κ2) is 11.2. The highest BCUT2D eigenvalue weighted by Gasteiger charge is 2.03. The highest BCUT2D eigenvalue weighted by Crippen LogP contribution is 2.13. The number of ether oxygens (including phenoxy) is 1. The Balaban J connectivity index is 1.85. The molecule has 0 aliphatic rings. The van der Waals surface area contributed by atoms with Crippen LogP contribution in [0, 0.1) is 5.92 Å². The topological polar surface area (TPSA) is 76.4 Å². The molecule has 1 aromatic carbocycles. The van der Waals surface area contributed by atoms with Gasteiger partial charge in [-0.15, -0.1) is 10.2 Å². The third kappa shape index (κ3) is 7.29. The summed E-state index contributed by atoms with van der Waals surface area (Å²) in [4.78, 5) is 4.66. The molecule has 0 radical (unpaired) electrons. The summed E-state index contributed by atoms with van der Waals surface area (Å²) < 4.78 is 7.78. The van der Waals surface area contributed by atoms with Crippen molar-refractivity contribution in [3.8, 4) is 5.75 Å². The standard InChI is InChI=1S/C20H32N6O/c1-5-19-25-24-15-26(19)12-11-22-20(21-6-2)23-13-17-7-9-18(10-8-17)27-14-16(3)4/h7-10,15-16H,5-6,11-14H2,1-4H3,(H2,21,22,23). The van der Waals surface area contributed by atoms with Gasteiger partial charge in [0, 0.05) is 26.1 Å². The summed E-state index contributed by atoms with van der Waals surface area (Å²) in [5.74, 6) is 3.24. The summed E-state index contributed by atoms with van der Waals surface area (Å²) in [7, 11) is 0. The quantitative estimate of drug-likeness (QED) is 0.495. The molecule has 0 spiro atoms. The molecule has 0 atom stereocenters. The van der Waals surface area contributed by atoms with E-state index in [4.69, 9.17) is 4.74 Å². The third-order valence-corrected chi connectivity index (χ3v) is 3.93. The molecular formula is C20H32N6O. The number of aromatic nitrogens is 3. The van der Waals surface area contributed by atoms with Gasteiger partial charge in [-0.1, -0.05) is 32.9 Å². The van der Waals surface area contributed by atoms with Crippen molar-refractivity contribution in [2.45, 2.75) is 47.2 Å². The molecule has 2 aromatic rings. The van der Waals surface area contributed by atoms with Crippen LogP contribution in [0.5, 0.6) is 5.75 Å². The van der Waals surface area contributed by atoms with Gasteiger partial charge in [-0.05, 0) is 30.5 Å². The van der Waals surface area contributed by atoms with E-state index in [0.29, 0.717) is 12.5 Å². The number of nitrogens with one attached hydrogen (secondary N) is 2. The van der Waals surface area contributed by atoms with Crippen LogP contribution in [0.2, 0.25) is 0 Å². The Labute approximate surface area is 162 Å². The van der Waals surface area contributed by atoms with E-state index in [1.807, 2.05) is 12.1 Å². The van der Waals surface area contributed by atoms with Crippen LogP contribution < -0.4 is 15.4 Å². The van der Waals surface area contributed by atoms with Crippen LogP contribution >= 0.6 is 0 Å². The lowest BCUT2D eigenvalue weighted by Gasteiger charge is -2.12. The fourth-order valence-corrected chi connectivity index (χ4v) is 2.50. The average Bonchev–Trinajstić information content (AvgIpc) is 3.12. The molecule has 7 heteroatoms. The van der Waals surface area contributed by atoms with E-state index in [-0.39, 0.29) is 0 Å². The van der Waals surface area contributed by atoms with E-state index >= 15 is 0 Å². The second-order valence-electron chi connectivity index (χ2n) is 6.76. The zero-order valence-electron chi connectivity index (χ0n) is 16.9. The van der Waals surface area contributed by atoms with Crippen molar-refractivity contribution in [1.82, 2.24) is 25.4 Å². The molecule has 2 N–H and O–H groups in total. The Bertz CT molecular complexity index is 693. The van der Waals surface area contributed by atoms with Crippen molar-refractivity contribution in [3.05, 3.63) is 42.0 Å². The second-order valence-corrected chi connectivity index (χ2v) is 6.76. The van der Waals surface area contributed by atoms with E-state index in [0.717, 1.165) is 55.8 Å². The zero-order chi connectivity index (χ0) is 19.5. The van der Waals surface area contributed by atoms with Gasteiger partial charge in [-0.25, -0.2) is 4.99 Å². The summed E-state index contributed by atoms with van der Waals surface area (Å²) in [6, 6.07) is 8.14. The lowest BCUT2D eigenvalue weighted by molar-refractivity contribution is 0.271. The van der Waals surface area contributed by atoms with Gasteiger partial charge in [0.25, 0.3) is 0 Å². The Morgan fingerprint density at radius 2 is 1.96 bits per heavy atom. The molecule has 0 unspecified atom stereocenters. The molecule has 0 aliphatic carbocycles. The summed E-state index contributed by atoms with van der Waals surface area (Å²) in [6.07, 6.45) is 2.65. The van der Waals surface area contributed by atoms with Crippen LogP contribution in [-0.4, -0.2) is 40.4 Å². The molecule has 0 aliphatic heterocycles. The maximum atomic E-state index is 5.72. The maximum absolute atomic E-state index is 5.72. The molecule has 0 saturated heterocycles. The van der Waals surface area contributed by atoms with Gasteiger partial charge in [0.05, 0.1) is 13.2 Å². The summed E-state index contributed by atoms with van der Waals surface area (Å²) >= 11 is 0. The molecule has 0 amide bonds. The molecule has 27 heavy (non-hydrogen) atoms. The molecular weight excluding hydrogens is 340 g/mol. The number of rotatable bonds is 10. The van der Waals surface area contributed by atoms with Crippen molar-refractivity contribution >= 4 is 5.96 Å². The SMILES string of the molecule is CCNC(=NCc1ccc(OCC(C)C)cc1)NCCn1cnnc1CC. The number of hydrogen-bond acceptors (Lipinski definition) is 4. The minimum atomic E-state index is 0.523. The molecule has 7 nitrogen and oxygen atoms in total. The van der Waals surface area contributed by atoms with Gasteiger partial charge < -0.3 is 19.9 Å². The average molecular weight is 373 g/mol. The van der Waals surface area contributed by atoms with E-state index < -0.39 is 0 Å². The smallest absolute Gasteiger partial charge is 0.191 e. The fourth-order valence-electron chi connectivity index (χ4n) is 2.50. The monoisotopic (exact) mass is 372 g/mol. The van der Waals surface area contributed by atoms with E-state index in [2.05, 4.69) is 70.2 Å². The molecule has 0 bridgehead atoms. The number of aliphatic imine (C=N–C) groups is 1. The van der Waals surface area contributed by atoms with Crippen LogP contribution in [0.1, 0.15) is 39.1 Å². The molecule has 1 heterocycles. The molecule has 1 aromatic heterocycles. The lowest BCUT2D eigenvalue weighted by atomic mass is 10.2. The molecule has 2 rings (SSSR count). The highest BCUT2D eigenvalue weighted by molar-refractivity contribution is 5.79. The Hall–Kier alpha value is -2.57. The first kappa shape index (κ1) is 20.7. The van der Waals surface area contributed by atoms with Crippen molar-refractivity contribution in [3.63, 3.8) is 0 Å². The van der Waals surface area contributed by atoms with Gasteiger partial charge in [0.2, 0.25) is 0 Å². The van der Waals surface area contributed by atoms with Gasteiger partial charge in [-0.2, -0.15) is 0 Å². The first-order valence-electron chi connectivity index (χ1n) is 9.73. The molecule has 0 saturated carbocycles. The van der Waals surface area contributed by atoms with E-state index in [1.165, 1.54) is 0 Å². The van der Waals surface area contributed by atoms with Crippen LogP contribution in [0.4, 0.5) is 0 Å². The predicted octanol–water partition coefficient (Wildman–Crippen LogP) is 2.63. The lowest BCUT2D eigenvalue weighted by Crippen LogP contribution is -2.38. The van der Waals surface area contributed by atoms with Crippen molar-refractivity contribution < 1.29 is 4.74 Å². The largest absolute Gasteiger partial charge is 0.493 e. The van der Waals surface area contributed by atoms with Gasteiger partial charge in [0.15, 0.2) is 5.96 Å². The van der Waals surface area contributed by atoms with Crippen LogP contribution in [-0.2, 0) is 19.5 Å². The Kier molecular flexibility index (Phi) is 8.61. The minimum Gasteiger partial charge on any atom is -0.493 e. The van der Waals surface area contributed by atoms with Gasteiger partial charge in [-0.3, -0.25) is 0 Å². The Morgan fingerprint density at radius 3 is 2.63 bits per heavy atom. The van der Waals surface area contributed by atoms with E-state index in [1.54, 1.807) is 6.33 Å². The van der Waals surface area contributed by atoms with Gasteiger partial charge >= 0.3 is 0 Å². The zero-order valence-corrected chi connectivity index (χ0v) is 16.9. The Morgan fingerprint density at radius 1 is 1.19 bits per heavy atom. The first-order chi connectivity index (χ1) is 13.1. The summed E-state index contributed by atoms with van der Waals surface area (Å²) in [6.45, 7) is 12.2. The normalized spacial score (nSPS) is 11.7. The highest BCUT2D eigenvalue weighted by atomic mass is 16.5. The van der Waals surface area contributed by atoms with Crippen molar-refractivity contribution in [2.24, 2.45) is 10.9 Å². The van der Waals surface area contributed by atoms with Crippen LogP contribution in [0.15, 0.2) is 35.6 Å². The van der Waals surface area contributed by atoms with Crippen molar-refractivity contribution in [2.75, 3.05) is 19.7 Å².